The topological polar surface area (TPSA) is 47.0 Å². The Labute approximate surface area is 181 Å². The van der Waals surface area contributed by atoms with Gasteiger partial charge in [-0.05, 0) is 54.4 Å². The van der Waals surface area contributed by atoms with Gasteiger partial charge in [-0.3, -0.25) is 0 Å². The maximum Gasteiger partial charge on any atom is 0.416 e. The minimum absolute atomic E-state index is 0.110. The molecule has 4 aromatic rings. The number of aryl methyl sites for hydroxylation is 1. The first-order valence-electron chi connectivity index (χ1n) is 9.47. The Kier molecular flexibility index (Phi) is 5.90. The molecule has 0 atom stereocenters. The largest absolute Gasteiger partial charge is 0.457 e. The van der Waals surface area contributed by atoms with Crippen LogP contribution < -0.4 is 10.1 Å². The standard InChI is InChI=1S/C23H17F3N3OS/c1-2-15-7-3-4-12-20(15)27-22-29-28-21(31-22)16-8-5-10-18(13-16)30-19-11-6-9-17(14-19)23(24,25)26/h3,5-14H,2H2,1H3,(H,27,29). The molecule has 0 saturated heterocycles. The summed E-state index contributed by atoms with van der Waals surface area (Å²) in [6.07, 6.45) is -3.55. The second-order valence-corrected chi connectivity index (χ2v) is 7.61. The van der Waals surface area contributed by atoms with Crippen molar-refractivity contribution in [2.75, 3.05) is 5.32 Å². The van der Waals surface area contributed by atoms with Crippen molar-refractivity contribution < 1.29 is 17.9 Å². The molecule has 0 aliphatic rings. The third-order valence-electron chi connectivity index (χ3n) is 4.48. The van der Waals surface area contributed by atoms with Crippen molar-refractivity contribution in [3.63, 3.8) is 0 Å². The zero-order valence-electron chi connectivity index (χ0n) is 16.4. The molecule has 157 valence electrons. The first-order chi connectivity index (χ1) is 14.9. The van der Waals surface area contributed by atoms with Crippen molar-refractivity contribution in [1.82, 2.24) is 10.2 Å². The number of rotatable bonds is 6. The van der Waals surface area contributed by atoms with Crippen LogP contribution in [0.1, 0.15) is 18.1 Å². The fourth-order valence-corrected chi connectivity index (χ4v) is 3.71. The van der Waals surface area contributed by atoms with Gasteiger partial charge in [0.05, 0.1) is 5.56 Å². The molecule has 1 N–H and O–H groups in total. The number of nitrogens with zero attached hydrogens (tertiary/aromatic N) is 2. The number of nitrogens with one attached hydrogen (secondary N) is 1. The lowest BCUT2D eigenvalue weighted by molar-refractivity contribution is -0.137. The highest BCUT2D eigenvalue weighted by molar-refractivity contribution is 7.18. The summed E-state index contributed by atoms with van der Waals surface area (Å²) in [5.74, 6) is 0.520. The van der Waals surface area contributed by atoms with Gasteiger partial charge in [0.25, 0.3) is 0 Å². The predicted molar refractivity (Wildman–Crippen MR) is 115 cm³/mol. The van der Waals surface area contributed by atoms with Gasteiger partial charge < -0.3 is 10.1 Å². The lowest BCUT2D eigenvalue weighted by Gasteiger charge is -2.10. The van der Waals surface area contributed by atoms with Crippen molar-refractivity contribution >= 4 is 22.2 Å². The van der Waals surface area contributed by atoms with Gasteiger partial charge in [0.2, 0.25) is 5.13 Å². The lowest BCUT2D eigenvalue weighted by atomic mass is 10.1. The number of anilines is 2. The lowest BCUT2D eigenvalue weighted by Crippen LogP contribution is -2.04. The molecule has 1 heterocycles. The highest BCUT2D eigenvalue weighted by Gasteiger charge is 2.30. The van der Waals surface area contributed by atoms with Crippen LogP contribution in [0.5, 0.6) is 11.5 Å². The first-order valence-corrected chi connectivity index (χ1v) is 10.3. The first kappa shape index (κ1) is 20.9. The van der Waals surface area contributed by atoms with Crippen molar-refractivity contribution in [3.05, 3.63) is 83.9 Å². The Bertz CT molecular complexity index is 1190. The van der Waals surface area contributed by atoms with Crippen LogP contribution in [0.2, 0.25) is 0 Å². The molecule has 0 spiro atoms. The third kappa shape index (κ3) is 5.03. The molecule has 0 saturated carbocycles. The molecule has 0 aliphatic carbocycles. The van der Waals surface area contributed by atoms with E-state index in [1.807, 2.05) is 24.3 Å². The molecule has 1 radical (unpaired) electrons. The molecule has 1 aromatic heterocycles. The van der Waals surface area contributed by atoms with E-state index in [1.54, 1.807) is 18.2 Å². The van der Waals surface area contributed by atoms with Crippen LogP contribution in [0.4, 0.5) is 24.0 Å². The van der Waals surface area contributed by atoms with E-state index in [2.05, 4.69) is 28.5 Å². The van der Waals surface area contributed by atoms with Gasteiger partial charge in [-0.2, -0.15) is 13.2 Å². The zero-order chi connectivity index (χ0) is 21.8. The second-order valence-electron chi connectivity index (χ2n) is 6.63. The summed E-state index contributed by atoms with van der Waals surface area (Å²) >= 11 is 1.37. The fraction of sp³-hybridized carbons (Fsp3) is 0.130. The molecular formula is C23H17F3N3OS. The van der Waals surface area contributed by atoms with E-state index in [1.165, 1.54) is 23.5 Å². The number of hydrogen-bond acceptors (Lipinski definition) is 5. The Morgan fingerprint density at radius 1 is 1.03 bits per heavy atom. The molecule has 0 amide bonds. The molecule has 8 heteroatoms. The van der Waals surface area contributed by atoms with Gasteiger partial charge in [-0.1, -0.05) is 48.6 Å². The normalized spacial score (nSPS) is 11.4. The van der Waals surface area contributed by atoms with Gasteiger partial charge >= 0.3 is 6.18 Å². The van der Waals surface area contributed by atoms with Gasteiger partial charge in [-0.25, -0.2) is 0 Å². The summed E-state index contributed by atoms with van der Waals surface area (Å²) in [6.45, 7) is 2.07. The monoisotopic (exact) mass is 440 g/mol. The van der Waals surface area contributed by atoms with E-state index in [0.29, 0.717) is 15.9 Å². The van der Waals surface area contributed by atoms with Crippen molar-refractivity contribution in [3.8, 4) is 22.1 Å². The van der Waals surface area contributed by atoms with Crippen LogP contribution in [-0.2, 0) is 12.6 Å². The van der Waals surface area contributed by atoms with E-state index in [9.17, 15) is 13.2 Å². The van der Waals surface area contributed by atoms with Gasteiger partial charge in [-0.15, -0.1) is 10.2 Å². The van der Waals surface area contributed by atoms with Crippen molar-refractivity contribution in [2.24, 2.45) is 0 Å². The predicted octanol–water partition coefficient (Wildman–Crippen LogP) is 7.12. The maximum atomic E-state index is 12.9. The highest BCUT2D eigenvalue weighted by atomic mass is 32.1. The molecule has 0 fully saturated rings. The number of aromatic nitrogens is 2. The number of hydrogen-bond donors (Lipinski definition) is 1. The van der Waals surface area contributed by atoms with E-state index >= 15 is 0 Å². The van der Waals surface area contributed by atoms with Crippen LogP contribution in [0.3, 0.4) is 0 Å². The summed E-state index contributed by atoms with van der Waals surface area (Å²) in [5, 5.41) is 13.0. The summed E-state index contributed by atoms with van der Waals surface area (Å²) in [5.41, 5.74) is 2.07. The van der Waals surface area contributed by atoms with Crippen LogP contribution in [-0.4, -0.2) is 10.2 Å². The van der Waals surface area contributed by atoms with Gasteiger partial charge in [0.1, 0.15) is 16.5 Å². The summed E-state index contributed by atoms with van der Waals surface area (Å²) in [6, 6.07) is 20.6. The smallest absolute Gasteiger partial charge is 0.416 e. The van der Waals surface area contributed by atoms with Crippen LogP contribution in [0.25, 0.3) is 10.6 Å². The summed E-state index contributed by atoms with van der Waals surface area (Å²) < 4.78 is 44.4. The molecule has 0 aliphatic heterocycles. The van der Waals surface area contributed by atoms with E-state index in [-0.39, 0.29) is 5.75 Å². The van der Waals surface area contributed by atoms with E-state index in [0.717, 1.165) is 35.4 Å². The fourth-order valence-electron chi connectivity index (χ4n) is 2.96. The van der Waals surface area contributed by atoms with Crippen molar-refractivity contribution in [1.29, 1.82) is 0 Å². The SMILES string of the molecule is CCc1cc[c]cc1Nc1nnc(-c2cccc(Oc3cccc(C(F)(F)F)c3)c2)s1. The summed E-state index contributed by atoms with van der Waals surface area (Å²) in [7, 11) is 0. The molecule has 0 unspecified atom stereocenters. The molecule has 3 aromatic carbocycles. The van der Waals surface area contributed by atoms with Crippen molar-refractivity contribution in [2.45, 2.75) is 19.5 Å². The summed E-state index contributed by atoms with van der Waals surface area (Å²) in [4.78, 5) is 0. The van der Waals surface area contributed by atoms with Crippen LogP contribution in [0, 0.1) is 6.07 Å². The number of halogens is 3. The minimum atomic E-state index is -4.43. The average molecular weight is 440 g/mol. The quantitative estimate of drug-likeness (QED) is 0.347. The molecular weight excluding hydrogens is 423 g/mol. The zero-order valence-corrected chi connectivity index (χ0v) is 17.2. The van der Waals surface area contributed by atoms with Gasteiger partial charge in [0.15, 0.2) is 0 Å². The highest BCUT2D eigenvalue weighted by Crippen LogP contribution is 2.35. The molecule has 4 rings (SSSR count). The Morgan fingerprint density at radius 3 is 2.58 bits per heavy atom. The molecule has 31 heavy (non-hydrogen) atoms. The molecule has 4 nitrogen and oxygen atoms in total. The second kappa shape index (κ2) is 8.77. The molecule has 0 bridgehead atoms. The Hall–Kier alpha value is -3.39. The van der Waals surface area contributed by atoms with E-state index in [4.69, 9.17) is 4.74 Å². The maximum absolute atomic E-state index is 12.9. The van der Waals surface area contributed by atoms with Gasteiger partial charge in [0, 0.05) is 11.3 Å². The third-order valence-corrected chi connectivity index (χ3v) is 5.37. The number of alkyl halides is 3. The Balaban J connectivity index is 1.53. The Morgan fingerprint density at radius 2 is 1.81 bits per heavy atom. The van der Waals surface area contributed by atoms with Crippen LogP contribution >= 0.6 is 11.3 Å². The number of benzene rings is 3. The minimum Gasteiger partial charge on any atom is -0.457 e. The number of ether oxygens (including phenoxy) is 1. The average Bonchev–Trinajstić information content (AvgIpc) is 3.22. The van der Waals surface area contributed by atoms with E-state index < -0.39 is 11.7 Å². The van der Waals surface area contributed by atoms with Crippen LogP contribution in [0.15, 0.2) is 66.7 Å².